The van der Waals surface area contributed by atoms with Crippen molar-refractivity contribution in [1.82, 2.24) is 14.4 Å². The van der Waals surface area contributed by atoms with Gasteiger partial charge in [-0.25, -0.2) is 0 Å². The van der Waals surface area contributed by atoms with Crippen LogP contribution in [0.3, 0.4) is 0 Å². The molecule has 2 aromatic carbocycles. The summed E-state index contributed by atoms with van der Waals surface area (Å²) in [4.78, 5) is 28.8. The van der Waals surface area contributed by atoms with Crippen LogP contribution < -0.4 is 0 Å². The van der Waals surface area contributed by atoms with Crippen molar-refractivity contribution in [3.63, 3.8) is 0 Å². The van der Waals surface area contributed by atoms with Gasteiger partial charge in [-0.1, -0.05) is 24.3 Å². The van der Waals surface area contributed by atoms with E-state index in [0.29, 0.717) is 44.6 Å². The van der Waals surface area contributed by atoms with Gasteiger partial charge in [0, 0.05) is 55.4 Å². The van der Waals surface area contributed by atoms with Gasteiger partial charge in [-0.3, -0.25) is 9.59 Å². The molecular weight excluding hydrogens is 414 g/mol. The molecule has 0 spiro atoms. The second-order valence-corrected chi connectivity index (χ2v) is 9.12. The molecular formula is C27H25N3O3. The maximum absolute atomic E-state index is 13.0. The molecule has 0 atom stereocenters. The van der Waals surface area contributed by atoms with Gasteiger partial charge in [-0.15, -0.1) is 0 Å². The lowest BCUT2D eigenvalue weighted by Gasteiger charge is -2.35. The minimum Gasteiger partial charge on any atom is -0.380 e. The molecule has 0 aromatic heterocycles. The summed E-state index contributed by atoms with van der Waals surface area (Å²) in [6, 6.07) is 20.4. The van der Waals surface area contributed by atoms with Crippen LogP contribution in [0.5, 0.6) is 0 Å². The fraction of sp³-hybridized carbons (Fsp3) is 0.259. The first-order chi connectivity index (χ1) is 16.0. The molecule has 6 rings (SSSR count). The van der Waals surface area contributed by atoms with Crippen molar-refractivity contribution < 1.29 is 14.7 Å². The van der Waals surface area contributed by atoms with Crippen molar-refractivity contribution in [1.29, 1.82) is 0 Å². The van der Waals surface area contributed by atoms with Crippen molar-refractivity contribution in [2.24, 2.45) is 0 Å². The normalized spacial score (nSPS) is 17.5. The molecule has 2 fully saturated rings. The highest BCUT2D eigenvalue weighted by molar-refractivity contribution is 6.02. The third kappa shape index (κ3) is 3.47. The average molecular weight is 440 g/mol. The zero-order chi connectivity index (χ0) is 22.6. The lowest BCUT2D eigenvalue weighted by molar-refractivity contribution is -0.143. The molecule has 4 aliphatic rings. The fourth-order valence-corrected chi connectivity index (χ4v) is 4.75. The highest BCUT2D eigenvalue weighted by atomic mass is 16.3. The number of carbonyl (C=O) groups excluding carboxylic acids is 2. The van der Waals surface area contributed by atoms with Crippen LogP contribution in [0.2, 0.25) is 0 Å². The number of hydrogen-bond acceptors (Lipinski definition) is 3. The Bertz CT molecular complexity index is 1330. The van der Waals surface area contributed by atoms with Gasteiger partial charge in [0.15, 0.2) is 0 Å². The van der Waals surface area contributed by atoms with Gasteiger partial charge in [0.05, 0.1) is 0 Å². The van der Waals surface area contributed by atoms with Crippen LogP contribution in [-0.4, -0.2) is 63.1 Å². The first-order valence-corrected chi connectivity index (χ1v) is 11.4. The standard InChI is InChI=1S/C27H25N3O3/c31-25(28-13-15-29(16-14-28)26(32)27(33)10-11-27)19-5-7-22(8-6-19)30-12-9-21-17-20-3-1-2-4-23(20)24(21)18-30/h1-9,12,17-18,33H,10-11,13-16H2. The Kier molecular flexibility index (Phi) is 4.52. The van der Waals surface area contributed by atoms with E-state index in [2.05, 4.69) is 47.2 Å². The largest absolute Gasteiger partial charge is 0.380 e. The summed E-state index contributed by atoms with van der Waals surface area (Å²) in [6.45, 7) is 1.90. The quantitative estimate of drug-likeness (QED) is 0.531. The second-order valence-electron chi connectivity index (χ2n) is 9.12. The van der Waals surface area contributed by atoms with Gasteiger partial charge in [-0.2, -0.15) is 0 Å². The molecule has 2 amide bonds. The van der Waals surface area contributed by atoms with Gasteiger partial charge < -0.3 is 19.5 Å². The first-order valence-electron chi connectivity index (χ1n) is 11.4. The Morgan fingerprint density at radius 3 is 2.27 bits per heavy atom. The monoisotopic (exact) mass is 439 g/mol. The number of benzene rings is 2. The topological polar surface area (TPSA) is 65.8 Å². The molecule has 0 bridgehead atoms. The zero-order valence-electron chi connectivity index (χ0n) is 18.3. The molecule has 2 heterocycles. The molecule has 1 N–H and O–H groups in total. The number of nitrogens with zero attached hydrogens (tertiary/aromatic N) is 3. The second kappa shape index (κ2) is 7.46. The molecule has 166 valence electrons. The van der Waals surface area contributed by atoms with Crippen molar-refractivity contribution in [2.75, 3.05) is 26.2 Å². The van der Waals surface area contributed by atoms with Crippen molar-refractivity contribution in [3.05, 3.63) is 78.6 Å². The van der Waals surface area contributed by atoms with Crippen LogP contribution in [0.15, 0.2) is 73.1 Å². The van der Waals surface area contributed by atoms with Gasteiger partial charge in [-0.05, 0) is 65.6 Å². The number of aliphatic hydroxyl groups is 1. The van der Waals surface area contributed by atoms with Gasteiger partial charge in [0.25, 0.3) is 11.8 Å². The van der Waals surface area contributed by atoms with Crippen LogP contribution in [0.4, 0.5) is 0 Å². The molecule has 6 heteroatoms. The number of amides is 2. The van der Waals surface area contributed by atoms with E-state index in [9.17, 15) is 14.7 Å². The summed E-state index contributed by atoms with van der Waals surface area (Å²) in [7, 11) is 0. The van der Waals surface area contributed by atoms with Crippen LogP contribution in [0, 0.1) is 0 Å². The minimum atomic E-state index is -1.14. The summed E-state index contributed by atoms with van der Waals surface area (Å²) < 4.78 is 2.08. The predicted molar refractivity (Wildman–Crippen MR) is 127 cm³/mol. The number of aromatic nitrogens is 1. The summed E-state index contributed by atoms with van der Waals surface area (Å²) >= 11 is 0. The summed E-state index contributed by atoms with van der Waals surface area (Å²) in [6.07, 6.45) is 5.27. The lowest BCUT2D eigenvalue weighted by Crippen LogP contribution is -2.53. The summed E-state index contributed by atoms with van der Waals surface area (Å²) in [5, 5.41) is 12.5. The maximum Gasteiger partial charge on any atom is 0.254 e. The molecule has 1 saturated heterocycles. The van der Waals surface area contributed by atoms with E-state index in [1.54, 1.807) is 9.80 Å². The SMILES string of the molecule is O=C(c1ccc(-n2ccc3cc4ccccc4c-3c2)cc1)N1CCN(C(=O)C2(O)CC2)CC1. The number of fused-ring (bicyclic) bond motifs is 3. The van der Waals surface area contributed by atoms with E-state index in [4.69, 9.17) is 0 Å². The molecule has 2 aromatic rings. The number of piperazine rings is 1. The van der Waals surface area contributed by atoms with E-state index < -0.39 is 5.60 Å². The minimum absolute atomic E-state index is 0.0266. The van der Waals surface area contributed by atoms with E-state index in [1.807, 2.05) is 30.5 Å². The molecule has 6 nitrogen and oxygen atoms in total. The Labute approximate surface area is 192 Å². The van der Waals surface area contributed by atoms with Crippen molar-refractivity contribution >= 4 is 22.6 Å². The van der Waals surface area contributed by atoms with E-state index in [-0.39, 0.29) is 11.8 Å². The highest BCUT2D eigenvalue weighted by Crippen LogP contribution is 2.37. The number of hydrogen-bond donors (Lipinski definition) is 1. The molecule has 0 unspecified atom stereocenters. The summed E-state index contributed by atoms with van der Waals surface area (Å²) in [5.74, 6) is -0.216. The van der Waals surface area contributed by atoms with Gasteiger partial charge in [0.1, 0.15) is 5.60 Å². The number of pyridine rings is 1. The summed E-state index contributed by atoms with van der Waals surface area (Å²) in [5.41, 5.74) is 2.91. The van der Waals surface area contributed by atoms with Crippen LogP contribution in [-0.2, 0) is 4.79 Å². The lowest BCUT2D eigenvalue weighted by atomic mass is 10.1. The fourth-order valence-electron chi connectivity index (χ4n) is 4.75. The first kappa shape index (κ1) is 20.0. The van der Waals surface area contributed by atoms with E-state index in [1.165, 1.54) is 21.9 Å². The molecule has 1 saturated carbocycles. The van der Waals surface area contributed by atoms with Crippen LogP contribution >= 0.6 is 0 Å². The smallest absolute Gasteiger partial charge is 0.254 e. The third-order valence-electron chi connectivity index (χ3n) is 6.94. The highest BCUT2D eigenvalue weighted by Gasteiger charge is 2.50. The van der Waals surface area contributed by atoms with Crippen LogP contribution in [0.1, 0.15) is 23.2 Å². The predicted octanol–water partition coefficient (Wildman–Crippen LogP) is 3.54. The molecule has 2 aliphatic heterocycles. The van der Waals surface area contributed by atoms with E-state index >= 15 is 0 Å². The Hall–Kier alpha value is -3.64. The van der Waals surface area contributed by atoms with Gasteiger partial charge in [0.2, 0.25) is 0 Å². The molecule has 0 radical (unpaired) electrons. The zero-order valence-corrected chi connectivity index (χ0v) is 18.3. The van der Waals surface area contributed by atoms with Crippen molar-refractivity contribution in [3.8, 4) is 16.8 Å². The van der Waals surface area contributed by atoms with Crippen molar-refractivity contribution in [2.45, 2.75) is 18.4 Å². The average Bonchev–Trinajstić information content (AvgIpc) is 3.51. The Morgan fingerprint density at radius 1 is 0.848 bits per heavy atom. The molecule has 33 heavy (non-hydrogen) atoms. The number of rotatable bonds is 3. The molecule has 2 aliphatic carbocycles. The Balaban J connectivity index is 1.17. The Morgan fingerprint density at radius 2 is 1.55 bits per heavy atom. The number of carbonyl (C=O) groups is 2. The van der Waals surface area contributed by atoms with Crippen LogP contribution in [0.25, 0.3) is 27.6 Å². The third-order valence-corrected chi connectivity index (χ3v) is 6.94. The van der Waals surface area contributed by atoms with Gasteiger partial charge >= 0.3 is 0 Å². The van der Waals surface area contributed by atoms with E-state index in [0.717, 1.165) is 5.69 Å². The maximum atomic E-state index is 13.0.